The average Bonchev–Trinajstić information content (AvgIpc) is 3.13. The molecule has 0 spiro atoms. The molecule has 0 bridgehead atoms. The van der Waals surface area contributed by atoms with Gasteiger partial charge in [0.2, 0.25) is 10.0 Å². The van der Waals surface area contributed by atoms with E-state index in [2.05, 4.69) is 5.92 Å². The largest absolute Gasteiger partial charge is 0.465 e. The Balaban J connectivity index is 2.44. The van der Waals surface area contributed by atoms with Crippen LogP contribution in [-0.4, -0.2) is 30.9 Å². The summed E-state index contributed by atoms with van der Waals surface area (Å²) < 4.78 is 32.2. The third-order valence-corrected chi connectivity index (χ3v) is 5.52. The zero-order chi connectivity index (χ0) is 14.9. The summed E-state index contributed by atoms with van der Waals surface area (Å²) in [5.41, 5.74) is 0.320. The van der Waals surface area contributed by atoms with E-state index in [1.54, 1.807) is 13.8 Å². The summed E-state index contributed by atoms with van der Waals surface area (Å²) in [6.45, 7) is 3.33. The highest BCUT2D eigenvalue weighted by Gasteiger charge is 2.35. The van der Waals surface area contributed by atoms with Crippen LogP contribution in [0.2, 0.25) is 0 Å². The number of hydrogen-bond acceptors (Lipinski definition) is 4. The van der Waals surface area contributed by atoms with E-state index < -0.39 is 10.0 Å². The summed E-state index contributed by atoms with van der Waals surface area (Å²) in [4.78, 5) is 0.0633. The number of aryl methyl sites for hydroxylation is 2. The Bertz CT molecular complexity index is 635. The van der Waals surface area contributed by atoms with Gasteiger partial charge in [0, 0.05) is 12.1 Å². The summed E-state index contributed by atoms with van der Waals surface area (Å²) >= 11 is 0. The van der Waals surface area contributed by atoms with Crippen molar-refractivity contribution in [2.75, 3.05) is 13.1 Å². The molecule has 0 aromatic carbocycles. The molecule has 1 aromatic heterocycles. The molecule has 1 aromatic rings. The lowest BCUT2D eigenvalue weighted by Gasteiger charge is -2.20. The topological polar surface area (TPSA) is 70.8 Å². The number of sulfonamides is 1. The minimum Gasteiger partial charge on any atom is -0.465 e. The van der Waals surface area contributed by atoms with Gasteiger partial charge in [0.15, 0.2) is 0 Å². The third-order valence-electron chi connectivity index (χ3n) is 3.51. The predicted molar refractivity (Wildman–Crippen MR) is 74.4 cm³/mol. The van der Waals surface area contributed by atoms with Gasteiger partial charge in [-0.05, 0) is 32.6 Å². The highest BCUT2D eigenvalue weighted by Crippen LogP contribution is 2.34. The molecule has 20 heavy (non-hydrogen) atoms. The van der Waals surface area contributed by atoms with E-state index in [9.17, 15) is 13.5 Å². The lowest BCUT2D eigenvalue weighted by molar-refractivity contribution is 0.276. The number of furan rings is 1. The van der Waals surface area contributed by atoms with Crippen molar-refractivity contribution in [3.8, 4) is 12.3 Å². The summed E-state index contributed by atoms with van der Waals surface area (Å²) in [6, 6.07) is 0. The van der Waals surface area contributed by atoms with Crippen LogP contribution < -0.4 is 0 Å². The minimum absolute atomic E-state index is 0.0351. The number of rotatable bonds is 6. The van der Waals surface area contributed by atoms with Crippen molar-refractivity contribution in [2.45, 2.75) is 38.2 Å². The molecule has 0 amide bonds. The molecule has 1 saturated carbocycles. The van der Waals surface area contributed by atoms with Gasteiger partial charge in [-0.25, -0.2) is 8.42 Å². The second kappa shape index (κ2) is 5.60. The van der Waals surface area contributed by atoms with E-state index in [1.165, 1.54) is 4.31 Å². The summed E-state index contributed by atoms with van der Waals surface area (Å²) in [5, 5.41) is 9.40. The Morgan fingerprint density at radius 3 is 2.55 bits per heavy atom. The molecule has 0 aliphatic heterocycles. The van der Waals surface area contributed by atoms with Crippen LogP contribution in [0, 0.1) is 32.1 Å². The second-order valence-electron chi connectivity index (χ2n) is 5.13. The first kappa shape index (κ1) is 15.1. The zero-order valence-electron chi connectivity index (χ0n) is 11.7. The smallest absolute Gasteiger partial charge is 0.247 e. The summed E-state index contributed by atoms with van der Waals surface area (Å²) in [7, 11) is -3.73. The minimum atomic E-state index is -3.73. The molecular formula is C14H19NO4S. The number of terminal acetylenes is 1. The van der Waals surface area contributed by atoms with Gasteiger partial charge in [0.25, 0.3) is 0 Å². The van der Waals surface area contributed by atoms with E-state index in [-0.39, 0.29) is 18.0 Å². The first-order valence-electron chi connectivity index (χ1n) is 6.55. The van der Waals surface area contributed by atoms with Crippen LogP contribution in [0.4, 0.5) is 0 Å². The molecule has 1 aliphatic rings. The highest BCUT2D eigenvalue weighted by atomic mass is 32.2. The second-order valence-corrected chi connectivity index (χ2v) is 7.00. The maximum atomic E-state index is 12.8. The molecule has 1 fully saturated rings. The Kier molecular flexibility index (Phi) is 4.23. The molecule has 1 N–H and O–H groups in total. The van der Waals surface area contributed by atoms with Gasteiger partial charge in [0.1, 0.15) is 16.4 Å². The molecule has 0 atom stereocenters. The van der Waals surface area contributed by atoms with Gasteiger partial charge < -0.3 is 9.52 Å². The highest BCUT2D eigenvalue weighted by molar-refractivity contribution is 7.89. The number of aliphatic hydroxyl groups is 1. The van der Waals surface area contributed by atoms with Gasteiger partial charge in [-0.3, -0.25) is 0 Å². The normalized spacial score (nSPS) is 15.6. The Morgan fingerprint density at radius 1 is 1.40 bits per heavy atom. The number of aliphatic hydroxyl groups excluding tert-OH is 1. The fourth-order valence-corrected chi connectivity index (χ4v) is 4.13. The fraction of sp³-hybridized carbons (Fsp3) is 0.571. The van der Waals surface area contributed by atoms with Gasteiger partial charge in [0.05, 0.1) is 13.2 Å². The average molecular weight is 297 g/mol. The van der Waals surface area contributed by atoms with Gasteiger partial charge in [-0.15, -0.1) is 6.42 Å². The van der Waals surface area contributed by atoms with Crippen molar-refractivity contribution < 1.29 is 17.9 Å². The van der Waals surface area contributed by atoms with Gasteiger partial charge in [-0.1, -0.05) is 5.92 Å². The molecule has 1 aliphatic carbocycles. The molecular weight excluding hydrogens is 278 g/mol. The van der Waals surface area contributed by atoms with Gasteiger partial charge >= 0.3 is 0 Å². The van der Waals surface area contributed by atoms with Gasteiger partial charge in [-0.2, -0.15) is 4.31 Å². The van der Waals surface area contributed by atoms with Crippen LogP contribution in [-0.2, 0) is 16.6 Å². The predicted octanol–water partition coefficient (Wildman–Crippen LogP) is 1.42. The first-order valence-corrected chi connectivity index (χ1v) is 7.99. The Hall–Kier alpha value is -1.29. The summed E-state index contributed by atoms with van der Waals surface area (Å²) in [5.74, 6) is 3.51. The van der Waals surface area contributed by atoms with Crippen LogP contribution in [0.15, 0.2) is 9.31 Å². The molecule has 0 saturated heterocycles. The van der Waals surface area contributed by atoms with E-state index in [4.69, 9.17) is 10.8 Å². The molecule has 0 radical (unpaired) electrons. The molecule has 6 heteroatoms. The monoisotopic (exact) mass is 297 g/mol. The quantitative estimate of drug-likeness (QED) is 0.806. The van der Waals surface area contributed by atoms with Crippen LogP contribution in [0.1, 0.15) is 29.9 Å². The molecule has 1 heterocycles. The van der Waals surface area contributed by atoms with Crippen LogP contribution in [0.25, 0.3) is 0 Å². The number of hydrogen-bond donors (Lipinski definition) is 1. The van der Waals surface area contributed by atoms with Crippen molar-refractivity contribution in [1.29, 1.82) is 0 Å². The van der Waals surface area contributed by atoms with Crippen molar-refractivity contribution in [3.05, 3.63) is 17.1 Å². The van der Waals surface area contributed by atoms with E-state index in [0.29, 0.717) is 29.5 Å². The van der Waals surface area contributed by atoms with Crippen molar-refractivity contribution in [2.24, 2.45) is 5.92 Å². The first-order chi connectivity index (χ1) is 9.41. The Labute approximate surface area is 119 Å². The molecule has 110 valence electrons. The number of nitrogens with zero attached hydrogens (tertiary/aromatic N) is 1. The van der Waals surface area contributed by atoms with Crippen molar-refractivity contribution in [3.63, 3.8) is 0 Å². The maximum absolute atomic E-state index is 12.8. The van der Waals surface area contributed by atoms with Crippen molar-refractivity contribution in [1.82, 2.24) is 4.31 Å². The van der Waals surface area contributed by atoms with Crippen molar-refractivity contribution >= 4 is 10.0 Å². The molecule has 5 nitrogen and oxygen atoms in total. The standard InChI is InChI=1S/C14H19NO4S/c1-4-7-15(8-12-5-6-12)20(17,18)14-11(3)19-10(2)13(14)9-16/h1,12,16H,5-9H2,2-3H3. The SMILES string of the molecule is C#CCN(CC1CC1)S(=O)(=O)c1c(C)oc(C)c1CO. The van der Waals surface area contributed by atoms with E-state index >= 15 is 0 Å². The van der Waals surface area contributed by atoms with E-state index in [0.717, 1.165) is 12.8 Å². The molecule has 2 rings (SSSR count). The Morgan fingerprint density at radius 2 is 2.05 bits per heavy atom. The third kappa shape index (κ3) is 2.75. The maximum Gasteiger partial charge on any atom is 0.247 e. The lowest BCUT2D eigenvalue weighted by atomic mass is 10.2. The van der Waals surface area contributed by atoms with Crippen LogP contribution in [0.5, 0.6) is 0 Å². The van der Waals surface area contributed by atoms with Crippen LogP contribution in [0.3, 0.4) is 0 Å². The summed E-state index contributed by atoms with van der Waals surface area (Å²) in [6.07, 6.45) is 7.35. The lowest BCUT2D eigenvalue weighted by Crippen LogP contribution is -2.34. The fourth-order valence-electron chi connectivity index (χ4n) is 2.30. The van der Waals surface area contributed by atoms with E-state index in [1.807, 2.05) is 0 Å². The molecule has 0 unspecified atom stereocenters. The van der Waals surface area contributed by atoms with Crippen LogP contribution >= 0.6 is 0 Å². The zero-order valence-corrected chi connectivity index (χ0v) is 12.5.